The molecule has 1 rings (SSSR count). The summed E-state index contributed by atoms with van der Waals surface area (Å²) in [7, 11) is -2.59. The highest BCUT2D eigenvalue weighted by molar-refractivity contribution is 9.10. The Bertz CT molecular complexity index is 558. The number of hydrogen-bond acceptors (Lipinski definition) is 5. The number of rotatable bonds is 5. The molecule has 0 aliphatic carbocycles. The van der Waals surface area contributed by atoms with Crippen LogP contribution in [0.3, 0.4) is 0 Å². The number of hydrogen-bond donors (Lipinski definition) is 1. The number of esters is 1. The van der Waals surface area contributed by atoms with E-state index in [2.05, 4.69) is 25.4 Å². The Morgan fingerprint density at radius 3 is 2.50 bits per heavy atom. The summed E-state index contributed by atoms with van der Waals surface area (Å²) >= 11 is 15.6. The molecule has 0 saturated heterocycles. The van der Waals surface area contributed by atoms with Gasteiger partial charge in [-0.1, -0.05) is 23.2 Å². The SMILES string of the molecule is COC(=O)CCNS(=O)(=O)c1c(Cl)sc(Cl)c1Br. The van der Waals surface area contributed by atoms with Gasteiger partial charge in [0.2, 0.25) is 10.0 Å². The van der Waals surface area contributed by atoms with Crippen LogP contribution in [-0.2, 0) is 19.6 Å². The lowest BCUT2D eigenvalue weighted by Gasteiger charge is -2.05. The van der Waals surface area contributed by atoms with Crippen LogP contribution in [0.2, 0.25) is 8.67 Å². The monoisotopic (exact) mass is 395 g/mol. The third-order valence-electron chi connectivity index (χ3n) is 1.85. The van der Waals surface area contributed by atoms with Crippen LogP contribution in [-0.4, -0.2) is 28.0 Å². The van der Waals surface area contributed by atoms with Crippen LogP contribution in [0.5, 0.6) is 0 Å². The maximum absolute atomic E-state index is 11.9. The van der Waals surface area contributed by atoms with E-state index in [4.69, 9.17) is 23.2 Å². The molecule has 0 atom stereocenters. The van der Waals surface area contributed by atoms with E-state index in [0.717, 1.165) is 11.3 Å². The standard InChI is InChI=1S/C8H8BrCl2NO4S2/c1-16-4(13)2-3-12-18(14,15)6-5(9)7(10)17-8(6)11/h12H,2-3H2,1H3. The summed E-state index contributed by atoms with van der Waals surface area (Å²) in [5.41, 5.74) is 0. The minimum Gasteiger partial charge on any atom is -0.469 e. The van der Waals surface area contributed by atoms with Gasteiger partial charge in [-0.05, 0) is 15.9 Å². The molecule has 1 heterocycles. The number of nitrogens with one attached hydrogen (secondary N) is 1. The average molecular weight is 397 g/mol. The Kier molecular flexibility index (Phi) is 5.88. The van der Waals surface area contributed by atoms with E-state index in [0.29, 0.717) is 0 Å². The van der Waals surface area contributed by atoms with Gasteiger partial charge in [0.05, 0.1) is 18.0 Å². The molecule has 0 fully saturated rings. The van der Waals surface area contributed by atoms with Crippen molar-refractivity contribution in [2.75, 3.05) is 13.7 Å². The summed E-state index contributed by atoms with van der Waals surface area (Å²) in [4.78, 5) is 10.7. The summed E-state index contributed by atoms with van der Waals surface area (Å²) in [6.45, 7) is -0.0781. The summed E-state index contributed by atoms with van der Waals surface area (Å²) in [6, 6.07) is 0. The molecular formula is C8H8BrCl2NO4S2. The zero-order chi connectivity index (χ0) is 13.9. The van der Waals surface area contributed by atoms with E-state index in [1.54, 1.807) is 0 Å². The normalized spacial score (nSPS) is 11.6. The average Bonchev–Trinajstić information content (AvgIpc) is 2.52. The fourth-order valence-electron chi connectivity index (χ4n) is 1.03. The smallest absolute Gasteiger partial charge is 0.306 e. The Balaban J connectivity index is 2.84. The zero-order valence-corrected chi connectivity index (χ0v) is 13.7. The lowest BCUT2D eigenvalue weighted by atomic mass is 10.4. The highest BCUT2D eigenvalue weighted by atomic mass is 79.9. The van der Waals surface area contributed by atoms with Crippen molar-refractivity contribution < 1.29 is 17.9 Å². The van der Waals surface area contributed by atoms with E-state index < -0.39 is 16.0 Å². The molecule has 5 nitrogen and oxygen atoms in total. The van der Waals surface area contributed by atoms with Crippen molar-refractivity contribution in [1.29, 1.82) is 0 Å². The van der Waals surface area contributed by atoms with Crippen molar-refractivity contribution in [2.24, 2.45) is 0 Å². The van der Waals surface area contributed by atoms with Gasteiger partial charge in [0.25, 0.3) is 0 Å². The van der Waals surface area contributed by atoms with Crippen LogP contribution in [0.25, 0.3) is 0 Å². The number of halogens is 3. The van der Waals surface area contributed by atoms with Crippen LogP contribution in [0.15, 0.2) is 9.37 Å². The first-order chi connectivity index (χ1) is 8.29. The molecule has 0 aliphatic heterocycles. The number of thiophene rings is 1. The number of carbonyl (C=O) groups is 1. The fourth-order valence-corrected chi connectivity index (χ4v) is 5.61. The van der Waals surface area contributed by atoms with Gasteiger partial charge in [-0.15, -0.1) is 11.3 Å². The second-order valence-corrected chi connectivity index (χ2v) is 7.74. The fraction of sp³-hybridized carbons (Fsp3) is 0.375. The van der Waals surface area contributed by atoms with Gasteiger partial charge in [-0.2, -0.15) is 0 Å². The van der Waals surface area contributed by atoms with Crippen LogP contribution in [0, 0.1) is 0 Å². The van der Waals surface area contributed by atoms with Gasteiger partial charge >= 0.3 is 5.97 Å². The first-order valence-electron chi connectivity index (χ1n) is 4.49. The maximum Gasteiger partial charge on any atom is 0.306 e. The number of methoxy groups -OCH3 is 1. The van der Waals surface area contributed by atoms with Crippen molar-refractivity contribution in [3.63, 3.8) is 0 Å². The third-order valence-corrected chi connectivity index (χ3v) is 6.77. The lowest BCUT2D eigenvalue weighted by molar-refractivity contribution is -0.140. The highest BCUT2D eigenvalue weighted by Crippen LogP contribution is 2.42. The number of carbonyl (C=O) groups excluding carboxylic acids is 1. The van der Waals surface area contributed by atoms with E-state index in [9.17, 15) is 13.2 Å². The molecule has 0 saturated carbocycles. The van der Waals surface area contributed by atoms with Gasteiger partial charge in [-0.25, -0.2) is 13.1 Å². The van der Waals surface area contributed by atoms with Gasteiger partial charge in [0, 0.05) is 6.54 Å². The van der Waals surface area contributed by atoms with Gasteiger partial charge in [0.1, 0.15) is 13.6 Å². The van der Waals surface area contributed by atoms with E-state index in [1.807, 2.05) is 0 Å². The second kappa shape index (κ2) is 6.53. The molecule has 0 radical (unpaired) electrons. The third kappa shape index (κ3) is 3.82. The van der Waals surface area contributed by atoms with Crippen LogP contribution >= 0.6 is 50.5 Å². The molecule has 18 heavy (non-hydrogen) atoms. The van der Waals surface area contributed by atoms with Crippen LogP contribution < -0.4 is 4.72 Å². The van der Waals surface area contributed by atoms with E-state index in [-0.39, 0.29) is 31.0 Å². The lowest BCUT2D eigenvalue weighted by Crippen LogP contribution is -2.26. The second-order valence-electron chi connectivity index (χ2n) is 3.02. The summed E-state index contributed by atoms with van der Waals surface area (Å²) in [5, 5.41) is 0. The highest BCUT2D eigenvalue weighted by Gasteiger charge is 2.26. The molecule has 0 amide bonds. The summed E-state index contributed by atoms with van der Waals surface area (Å²) in [5.74, 6) is -0.508. The Morgan fingerprint density at radius 1 is 1.44 bits per heavy atom. The van der Waals surface area contributed by atoms with Crippen molar-refractivity contribution in [3.05, 3.63) is 13.1 Å². The van der Waals surface area contributed by atoms with Gasteiger partial charge < -0.3 is 4.74 Å². The van der Waals surface area contributed by atoms with Gasteiger partial charge in [0.15, 0.2) is 0 Å². The van der Waals surface area contributed by atoms with Crippen molar-refractivity contribution in [1.82, 2.24) is 4.72 Å². The van der Waals surface area contributed by atoms with Crippen molar-refractivity contribution >= 4 is 66.5 Å². The van der Waals surface area contributed by atoms with Gasteiger partial charge in [-0.3, -0.25) is 4.79 Å². The molecule has 0 spiro atoms. The molecule has 0 aromatic carbocycles. The molecule has 102 valence electrons. The van der Waals surface area contributed by atoms with E-state index >= 15 is 0 Å². The Labute approximate surface area is 127 Å². The minimum absolute atomic E-state index is 0.0532. The molecule has 10 heteroatoms. The van der Waals surface area contributed by atoms with Crippen molar-refractivity contribution in [2.45, 2.75) is 11.3 Å². The molecule has 1 N–H and O–H groups in total. The molecule has 1 aromatic heterocycles. The summed E-state index contributed by atoms with van der Waals surface area (Å²) in [6.07, 6.45) is -0.0666. The minimum atomic E-state index is -3.82. The number of ether oxygens (including phenoxy) is 1. The summed E-state index contributed by atoms with van der Waals surface area (Å²) < 4.78 is 31.0. The maximum atomic E-state index is 11.9. The quantitative estimate of drug-likeness (QED) is 0.776. The van der Waals surface area contributed by atoms with Crippen molar-refractivity contribution in [3.8, 4) is 0 Å². The number of sulfonamides is 1. The first-order valence-corrected chi connectivity index (χ1v) is 8.34. The largest absolute Gasteiger partial charge is 0.469 e. The van der Waals surface area contributed by atoms with Crippen LogP contribution in [0.1, 0.15) is 6.42 Å². The Morgan fingerprint density at radius 2 is 2.06 bits per heavy atom. The predicted octanol–water partition coefficient (Wildman–Crippen LogP) is 2.66. The molecule has 1 aromatic rings. The van der Waals surface area contributed by atoms with E-state index in [1.165, 1.54) is 7.11 Å². The topological polar surface area (TPSA) is 72.5 Å². The molecule has 0 bridgehead atoms. The van der Waals surface area contributed by atoms with Crippen LogP contribution in [0.4, 0.5) is 0 Å². The predicted molar refractivity (Wildman–Crippen MR) is 73.9 cm³/mol. The molecular weight excluding hydrogens is 389 g/mol. The zero-order valence-electron chi connectivity index (χ0n) is 9.00. The first kappa shape index (κ1) is 16.2. The molecule has 0 unspecified atom stereocenters. The molecule has 0 aliphatic rings. The Hall–Kier alpha value is 0.140.